The summed E-state index contributed by atoms with van der Waals surface area (Å²) in [5, 5.41) is 8.13. The number of hydrogen-bond donors (Lipinski definition) is 1. The van der Waals surface area contributed by atoms with E-state index in [1.165, 1.54) is 6.07 Å². The first-order valence-electron chi connectivity index (χ1n) is 8.38. The van der Waals surface area contributed by atoms with E-state index in [2.05, 4.69) is 10.4 Å². The number of hydrogen-bond acceptors (Lipinski definition) is 4. The lowest BCUT2D eigenvalue weighted by Gasteiger charge is -2.23. The van der Waals surface area contributed by atoms with Crippen LogP contribution in [-0.4, -0.2) is 15.7 Å². The number of rotatable bonds is 2. The highest BCUT2D eigenvalue weighted by atomic mass is 16.4. The van der Waals surface area contributed by atoms with Crippen molar-refractivity contribution in [2.24, 2.45) is 5.92 Å². The monoisotopic (exact) mass is 337 g/mol. The zero-order valence-electron chi connectivity index (χ0n) is 14.2. The molecule has 1 amide bonds. The van der Waals surface area contributed by atoms with Crippen LogP contribution < -0.4 is 10.9 Å². The molecule has 6 heteroatoms. The Balaban J connectivity index is 1.61. The number of fused-ring (bicyclic) bond motifs is 2. The van der Waals surface area contributed by atoms with Gasteiger partial charge >= 0.3 is 5.63 Å². The first-order chi connectivity index (χ1) is 12.0. The van der Waals surface area contributed by atoms with Crippen LogP contribution in [0.4, 0.5) is 5.69 Å². The van der Waals surface area contributed by atoms with E-state index in [0.717, 1.165) is 40.9 Å². The molecule has 1 aromatic carbocycles. The number of aromatic nitrogens is 2. The van der Waals surface area contributed by atoms with Crippen molar-refractivity contribution in [1.29, 1.82) is 0 Å². The second-order valence-corrected chi connectivity index (χ2v) is 6.64. The number of nitrogens with zero attached hydrogens (tertiary/aromatic N) is 2. The van der Waals surface area contributed by atoms with Crippen molar-refractivity contribution < 1.29 is 9.21 Å². The number of carbonyl (C=O) groups is 1. The molecule has 1 aliphatic heterocycles. The Bertz CT molecular complexity index is 1030. The van der Waals surface area contributed by atoms with E-state index >= 15 is 0 Å². The van der Waals surface area contributed by atoms with Crippen LogP contribution in [0.3, 0.4) is 0 Å². The van der Waals surface area contributed by atoms with Gasteiger partial charge < -0.3 is 9.73 Å². The summed E-state index contributed by atoms with van der Waals surface area (Å²) < 4.78 is 7.21. The zero-order chi connectivity index (χ0) is 17.6. The summed E-state index contributed by atoms with van der Waals surface area (Å²) in [5.74, 6) is -0.0426. The molecular weight excluding hydrogens is 318 g/mol. The van der Waals surface area contributed by atoms with Crippen LogP contribution in [0.1, 0.15) is 23.2 Å². The Morgan fingerprint density at radius 1 is 1.28 bits per heavy atom. The van der Waals surface area contributed by atoms with Gasteiger partial charge in [-0.1, -0.05) is 0 Å². The fourth-order valence-corrected chi connectivity index (χ4v) is 3.43. The van der Waals surface area contributed by atoms with Crippen molar-refractivity contribution in [3.63, 3.8) is 0 Å². The molecular formula is C19H19N3O3. The van der Waals surface area contributed by atoms with Gasteiger partial charge in [0.05, 0.1) is 0 Å². The summed E-state index contributed by atoms with van der Waals surface area (Å²) in [6.07, 6.45) is 3.26. The van der Waals surface area contributed by atoms with Crippen molar-refractivity contribution in [1.82, 2.24) is 9.78 Å². The normalized spacial score (nSPS) is 16.6. The Hall–Kier alpha value is -2.89. The van der Waals surface area contributed by atoms with Crippen LogP contribution in [0, 0.1) is 19.8 Å². The van der Waals surface area contributed by atoms with Gasteiger partial charge in [-0.05, 0) is 49.6 Å². The largest absolute Gasteiger partial charge is 0.423 e. The van der Waals surface area contributed by atoms with Crippen molar-refractivity contribution in [3.05, 3.63) is 57.7 Å². The first-order valence-corrected chi connectivity index (χ1v) is 8.38. The molecule has 1 atom stereocenters. The maximum atomic E-state index is 12.7. The van der Waals surface area contributed by atoms with Gasteiger partial charge in [0.25, 0.3) is 0 Å². The standard InChI is InChI=1S/C19H19N3O3/c1-11-8-18(23)25-17-7-12(2)16(10-15(11)17)21-19(24)13-4-6-22-14(9-13)3-5-20-22/h3,5,7-8,10,13H,4,6,9H2,1-2H3,(H,21,24). The van der Waals surface area contributed by atoms with E-state index in [-0.39, 0.29) is 17.5 Å². The van der Waals surface area contributed by atoms with Crippen molar-refractivity contribution in [2.75, 3.05) is 5.32 Å². The minimum Gasteiger partial charge on any atom is -0.423 e. The van der Waals surface area contributed by atoms with Crippen molar-refractivity contribution >= 4 is 22.6 Å². The molecule has 3 aromatic rings. The summed E-state index contributed by atoms with van der Waals surface area (Å²) >= 11 is 0. The van der Waals surface area contributed by atoms with Crippen molar-refractivity contribution in [2.45, 2.75) is 33.2 Å². The third kappa shape index (κ3) is 2.84. The molecule has 0 spiro atoms. The molecule has 0 fully saturated rings. The van der Waals surface area contributed by atoms with Gasteiger partial charge in [-0.25, -0.2) is 4.79 Å². The van der Waals surface area contributed by atoms with Crippen LogP contribution in [-0.2, 0) is 17.8 Å². The van der Waals surface area contributed by atoms with Crippen LogP contribution in [0.25, 0.3) is 11.0 Å². The van der Waals surface area contributed by atoms with E-state index in [0.29, 0.717) is 12.0 Å². The predicted octanol–water partition coefficient (Wildman–Crippen LogP) is 2.81. The maximum absolute atomic E-state index is 12.7. The Labute approximate surface area is 144 Å². The summed E-state index contributed by atoms with van der Waals surface area (Å²) in [5.41, 5.74) is 3.74. The van der Waals surface area contributed by atoms with E-state index < -0.39 is 0 Å². The van der Waals surface area contributed by atoms with Gasteiger partial charge in [0.15, 0.2) is 0 Å². The number of aryl methyl sites for hydroxylation is 3. The second kappa shape index (κ2) is 5.88. The summed E-state index contributed by atoms with van der Waals surface area (Å²) in [4.78, 5) is 24.2. The van der Waals surface area contributed by atoms with Gasteiger partial charge in [-0.15, -0.1) is 0 Å². The van der Waals surface area contributed by atoms with Gasteiger partial charge in [0.2, 0.25) is 5.91 Å². The molecule has 0 saturated carbocycles. The first kappa shape index (κ1) is 15.6. The van der Waals surface area contributed by atoms with Gasteiger partial charge in [-0.3, -0.25) is 9.48 Å². The fraction of sp³-hybridized carbons (Fsp3) is 0.316. The molecule has 2 aromatic heterocycles. The van der Waals surface area contributed by atoms with Crippen LogP contribution >= 0.6 is 0 Å². The van der Waals surface area contributed by atoms with Gasteiger partial charge in [0.1, 0.15) is 5.58 Å². The van der Waals surface area contributed by atoms with Crippen LogP contribution in [0.15, 0.2) is 39.7 Å². The van der Waals surface area contributed by atoms with E-state index in [9.17, 15) is 9.59 Å². The van der Waals surface area contributed by atoms with E-state index in [1.54, 1.807) is 12.3 Å². The second-order valence-electron chi connectivity index (χ2n) is 6.64. The lowest BCUT2D eigenvalue weighted by atomic mass is 9.95. The molecule has 0 saturated heterocycles. The number of benzene rings is 1. The molecule has 1 N–H and O–H groups in total. The molecule has 128 valence electrons. The SMILES string of the molecule is Cc1cc2oc(=O)cc(C)c2cc1NC(=O)C1CCn2nccc2C1. The molecule has 1 aliphatic rings. The van der Waals surface area contributed by atoms with E-state index in [4.69, 9.17) is 4.42 Å². The van der Waals surface area contributed by atoms with Gasteiger partial charge in [0, 0.05) is 47.9 Å². The smallest absolute Gasteiger partial charge is 0.336 e. The molecule has 4 rings (SSSR count). The average Bonchev–Trinajstić information content (AvgIpc) is 3.03. The molecule has 0 radical (unpaired) electrons. The zero-order valence-corrected chi connectivity index (χ0v) is 14.2. The Morgan fingerprint density at radius 2 is 2.12 bits per heavy atom. The molecule has 0 bridgehead atoms. The third-order valence-electron chi connectivity index (χ3n) is 4.87. The average molecular weight is 337 g/mol. The molecule has 3 heterocycles. The maximum Gasteiger partial charge on any atom is 0.336 e. The number of amides is 1. The highest BCUT2D eigenvalue weighted by molar-refractivity contribution is 5.96. The summed E-state index contributed by atoms with van der Waals surface area (Å²) in [7, 11) is 0. The molecule has 6 nitrogen and oxygen atoms in total. The fourth-order valence-electron chi connectivity index (χ4n) is 3.43. The Kier molecular flexibility index (Phi) is 3.67. The number of carbonyl (C=O) groups excluding carboxylic acids is 1. The minimum atomic E-state index is -0.361. The predicted molar refractivity (Wildman–Crippen MR) is 94.6 cm³/mol. The van der Waals surface area contributed by atoms with Crippen molar-refractivity contribution in [3.8, 4) is 0 Å². The number of anilines is 1. The quantitative estimate of drug-likeness (QED) is 0.730. The molecule has 1 unspecified atom stereocenters. The highest BCUT2D eigenvalue weighted by Crippen LogP contribution is 2.27. The highest BCUT2D eigenvalue weighted by Gasteiger charge is 2.25. The Morgan fingerprint density at radius 3 is 2.96 bits per heavy atom. The minimum absolute atomic E-state index is 0.0185. The lowest BCUT2D eigenvalue weighted by molar-refractivity contribution is -0.120. The number of nitrogens with one attached hydrogen (secondary N) is 1. The van der Waals surface area contributed by atoms with Crippen LogP contribution in [0.5, 0.6) is 0 Å². The summed E-state index contributed by atoms with van der Waals surface area (Å²) in [6.45, 7) is 4.52. The van der Waals surface area contributed by atoms with Gasteiger partial charge in [-0.2, -0.15) is 5.10 Å². The molecule has 0 aliphatic carbocycles. The van der Waals surface area contributed by atoms with E-state index in [1.807, 2.05) is 30.7 Å². The molecule has 25 heavy (non-hydrogen) atoms. The summed E-state index contributed by atoms with van der Waals surface area (Å²) in [6, 6.07) is 7.11. The third-order valence-corrected chi connectivity index (χ3v) is 4.87. The van der Waals surface area contributed by atoms with Crippen LogP contribution in [0.2, 0.25) is 0 Å². The topological polar surface area (TPSA) is 77.1 Å². The lowest BCUT2D eigenvalue weighted by Crippen LogP contribution is -2.30.